The van der Waals surface area contributed by atoms with Crippen molar-refractivity contribution in [3.05, 3.63) is 71.3 Å². The highest BCUT2D eigenvalue weighted by Gasteiger charge is 2.29. The number of rotatable bonds is 14. The van der Waals surface area contributed by atoms with Crippen molar-refractivity contribution in [1.29, 1.82) is 0 Å². The van der Waals surface area contributed by atoms with Gasteiger partial charge in [-0.25, -0.2) is 0 Å². The number of benzene rings is 3. The molecule has 0 aliphatic heterocycles. The summed E-state index contributed by atoms with van der Waals surface area (Å²) < 4.78 is 11.0. The molecule has 0 radical (unpaired) electrons. The van der Waals surface area contributed by atoms with E-state index in [2.05, 4.69) is 111 Å². The normalized spacial score (nSPS) is 12.7. The molecule has 0 aliphatic carbocycles. The summed E-state index contributed by atoms with van der Waals surface area (Å²) in [6.45, 7) is 26.9. The van der Waals surface area contributed by atoms with Crippen LogP contribution in [0.3, 0.4) is 0 Å². The molecule has 0 atom stereocenters. The zero-order valence-electron chi connectivity index (χ0n) is 28.3. The highest BCUT2D eigenvalue weighted by Crippen LogP contribution is 2.46. The Hall–Kier alpha value is -2.66. The minimum atomic E-state index is -0.0766. The number of hydrogen-bond donors (Lipinski definition) is 0. The van der Waals surface area contributed by atoms with Crippen molar-refractivity contribution in [1.82, 2.24) is 0 Å². The van der Waals surface area contributed by atoms with Gasteiger partial charge >= 0.3 is 0 Å². The maximum Gasteiger partial charge on any atom is 0.166 e. The predicted molar refractivity (Wildman–Crippen MR) is 182 cm³/mol. The van der Waals surface area contributed by atoms with E-state index in [4.69, 9.17) is 19.2 Å². The van der Waals surface area contributed by atoms with Gasteiger partial charge in [0.1, 0.15) is 6.61 Å². The monoisotopic (exact) mass is 576 g/mol. The maximum absolute atomic E-state index is 5.76. The van der Waals surface area contributed by atoms with Crippen LogP contribution in [0, 0.1) is 0 Å². The number of ether oxygens (including phenoxy) is 2. The topological polar surface area (TPSA) is 36.9 Å². The minimum Gasteiger partial charge on any atom is -0.379 e. The van der Waals surface area contributed by atoms with E-state index in [1.807, 2.05) is 19.9 Å². The molecule has 0 amide bonds. The van der Waals surface area contributed by atoms with Crippen molar-refractivity contribution in [2.75, 3.05) is 33.0 Å². The quantitative estimate of drug-likeness (QED) is 0.0629. The van der Waals surface area contributed by atoms with Gasteiger partial charge in [0.15, 0.2) is 5.75 Å². The van der Waals surface area contributed by atoms with E-state index in [-0.39, 0.29) is 10.8 Å². The van der Waals surface area contributed by atoms with Crippen molar-refractivity contribution in [3.8, 4) is 5.75 Å². The molecular formula is C38H56O4. The molecule has 3 aromatic carbocycles. The molecule has 3 rings (SSSR count). The molecule has 4 nitrogen and oxygen atoms in total. The highest BCUT2D eigenvalue weighted by molar-refractivity contribution is 6.08. The Balaban J connectivity index is 0.00000301. The molecule has 0 fully saturated rings. The van der Waals surface area contributed by atoms with Gasteiger partial charge in [0, 0.05) is 6.61 Å². The van der Waals surface area contributed by atoms with Gasteiger partial charge in [-0.05, 0) is 99.5 Å². The van der Waals surface area contributed by atoms with E-state index >= 15 is 0 Å². The summed E-state index contributed by atoms with van der Waals surface area (Å²) in [5, 5.41) is 5.12. The molecule has 0 aromatic heterocycles. The van der Waals surface area contributed by atoms with Gasteiger partial charge in [-0.2, -0.15) is 4.89 Å². The lowest BCUT2D eigenvalue weighted by Crippen LogP contribution is -2.20. The summed E-state index contributed by atoms with van der Waals surface area (Å²) in [6, 6.07) is 13.4. The Morgan fingerprint density at radius 2 is 1.31 bits per heavy atom. The molecule has 232 valence electrons. The van der Waals surface area contributed by atoms with Crippen LogP contribution >= 0.6 is 0 Å². The SMILES string of the molecule is C/C=C\C(=C/C)c1ccc2c(C(C)(C)C)c3cc(OOCCOCCOCCC)ccc3c(C(C)(C)CC)c2c1.CC. The minimum absolute atomic E-state index is 0.0146. The predicted octanol–water partition coefficient (Wildman–Crippen LogP) is 10.7. The van der Waals surface area contributed by atoms with Crippen LogP contribution in [-0.2, 0) is 25.2 Å². The zero-order chi connectivity index (χ0) is 31.3. The van der Waals surface area contributed by atoms with E-state index in [1.165, 1.54) is 43.8 Å². The summed E-state index contributed by atoms with van der Waals surface area (Å²) in [5.41, 5.74) is 5.10. The molecule has 0 N–H and O–H groups in total. The molecule has 0 spiro atoms. The molecule has 0 unspecified atom stereocenters. The lowest BCUT2D eigenvalue weighted by Gasteiger charge is -2.32. The average Bonchev–Trinajstić information content (AvgIpc) is 2.97. The van der Waals surface area contributed by atoms with Crippen molar-refractivity contribution in [3.63, 3.8) is 0 Å². The second kappa shape index (κ2) is 16.8. The van der Waals surface area contributed by atoms with E-state index in [9.17, 15) is 0 Å². The summed E-state index contributed by atoms with van der Waals surface area (Å²) in [6.07, 6.45) is 8.53. The first-order valence-corrected chi connectivity index (χ1v) is 15.9. The maximum atomic E-state index is 5.76. The van der Waals surface area contributed by atoms with Gasteiger partial charge in [-0.15, -0.1) is 0 Å². The number of fused-ring (bicyclic) bond motifs is 2. The Kier molecular flexibility index (Phi) is 14.2. The van der Waals surface area contributed by atoms with Crippen LogP contribution in [0.1, 0.15) is 106 Å². The highest BCUT2D eigenvalue weighted by atomic mass is 17.2. The van der Waals surface area contributed by atoms with Crippen molar-refractivity contribution in [2.24, 2.45) is 0 Å². The molecular weight excluding hydrogens is 520 g/mol. The largest absolute Gasteiger partial charge is 0.379 e. The third kappa shape index (κ3) is 8.92. The molecule has 4 heteroatoms. The van der Waals surface area contributed by atoms with Gasteiger partial charge in [0.2, 0.25) is 0 Å². The second-order valence-corrected chi connectivity index (χ2v) is 12.1. The molecule has 0 aliphatic rings. The second-order valence-electron chi connectivity index (χ2n) is 12.1. The van der Waals surface area contributed by atoms with Crippen LogP contribution in [-0.4, -0.2) is 33.0 Å². The molecule has 0 bridgehead atoms. The van der Waals surface area contributed by atoms with Gasteiger partial charge < -0.3 is 14.4 Å². The van der Waals surface area contributed by atoms with Crippen molar-refractivity contribution in [2.45, 2.75) is 99.8 Å². The Morgan fingerprint density at radius 3 is 1.90 bits per heavy atom. The van der Waals surface area contributed by atoms with Crippen LogP contribution in [0.15, 0.2) is 54.6 Å². The van der Waals surface area contributed by atoms with Crippen LogP contribution < -0.4 is 4.89 Å². The van der Waals surface area contributed by atoms with Crippen molar-refractivity contribution >= 4 is 27.1 Å². The third-order valence-electron chi connectivity index (χ3n) is 7.58. The van der Waals surface area contributed by atoms with Crippen LogP contribution in [0.5, 0.6) is 5.75 Å². The van der Waals surface area contributed by atoms with Crippen molar-refractivity contribution < 1.29 is 19.2 Å². The lowest BCUT2D eigenvalue weighted by molar-refractivity contribution is -0.215. The zero-order valence-corrected chi connectivity index (χ0v) is 28.3. The fourth-order valence-electron chi connectivity index (χ4n) is 5.36. The summed E-state index contributed by atoms with van der Waals surface area (Å²) in [4.78, 5) is 11.3. The molecule has 42 heavy (non-hydrogen) atoms. The first-order valence-electron chi connectivity index (χ1n) is 15.9. The fourth-order valence-corrected chi connectivity index (χ4v) is 5.36. The summed E-state index contributed by atoms with van der Waals surface area (Å²) in [7, 11) is 0. The number of hydrogen-bond acceptors (Lipinski definition) is 4. The van der Waals surface area contributed by atoms with E-state index < -0.39 is 0 Å². The van der Waals surface area contributed by atoms with Crippen LogP contribution in [0.2, 0.25) is 0 Å². The molecule has 0 saturated carbocycles. The first kappa shape index (κ1) is 35.5. The van der Waals surface area contributed by atoms with Crippen LogP contribution in [0.25, 0.3) is 27.1 Å². The average molecular weight is 577 g/mol. The first-order chi connectivity index (χ1) is 20.1. The van der Waals surface area contributed by atoms with Gasteiger partial charge in [0.05, 0.1) is 19.8 Å². The van der Waals surface area contributed by atoms with E-state index in [0.29, 0.717) is 32.2 Å². The Labute approximate surface area is 256 Å². The van der Waals surface area contributed by atoms with Gasteiger partial charge in [-0.3, -0.25) is 0 Å². The van der Waals surface area contributed by atoms with E-state index in [0.717, 1.165) is 19.4 Å². The standard InChI is InChI=1S/C36H50O4.C2H6/c1-10-14-26(12-3)27-15-17-29-31(24-27)34(36(8,9)13-4)30-18-16-28(25-32(30)33(29)35(5,6)7)40-39-23-22-38-21-20-37-19-11-2;1-2/h10,12,14-18,24-25H,11,13,19-23H2,1-9H3;1-2H3/b14-10-,26-12+;. The number of allylic oxidation sites excluding steroid dienone is 4. The lowest BCUT2D eigenvalue weighted by atomic mass is 9.72. The van der Waals surface area contributed by atoms with E-state index in [1.54, 1.807) is 0 Å². The summed E-state index contributed by atoms with van der Waals surface area (Å²) >= 11 is 0. The molecule has 0 saturated heterocycles. The molecule has 3 aromatic rings. The molecule has 0 heterocycles. The smallest absolute Gasteiger partial charge is 0.166 e. The summed E-state index contributed by atoms with van der Waals surface area (Å²) in [5.74, 6) is 0.699. The van der Waals surface area contributed by atoms with Crippen LogP contribution in [0.4, 0.5) is 0 Å². The Bertz CT molecular complexity index is 1320. The van der Waals surface area contributed by atoms with Gasteiger partial charge in [0.25, 0.3) is 0 Å². The Morgan fingerprint density at radius 1 is 0.714 bits per heavy atom. The third-order valence-corrected chi connectivity index (χ3v) is 7.58. The fraction of sp³-hybridized carbons (Fsp3) is 0.526. The van der Waals surface area contributed by atoms with Gasteiger partial charge in [-0.1, -0.05) is 98.7 Å².